The summed E-state index contributed by atoms with van der Waals surface area (Å²) in [7, 11) is 8.74. The first-order chi connectivity index (χ1) is 5.66. The van der Waals surface area contributed by atoms with Crippen molar-refractivity contribution in [3.05, 3.63) is 51.9 Å². The first-order valence-electron chi connectivity index (χ1n) is 3.39. The maximum Gasteiger partial charge on any atom is 0 e. The second-order valence-electron chi connectivity index (χ2n) is 2.16. The van der Waals surface area contributed by atoms with Crippen LogP contribution in [-0.2, 0) is 21.1 Å². The van der Waals surface area contributed by atoms with Crippen LogP contribution < -0.4 is 4.74 Å². The molecule has 0 spiro atoms. The van der Waals surface area contributed by atoms with Crippen LogP contribution >= 0.6 is 0 Å². The quantitative estimate of drug-likeness (QED) is 0.389. The molecule has 1 aromatic rings. The van der Waals surface area contributed by atoms with E-state index in [2.05, 4.69) is 18.9 Å². The Labute approximate surface area is 118 Å². The van der Waals surface area contributed by atoms with Gasteiger partial charge in [0.25, 0.3) is 0 Å². The minimum Gasteiger partial charge on any atom is -0.358 e. The SMILES string of the molecule is [CH2-]Oc1ccccc1.[CH2-][N](C)[Pb].[CH3-].[W]. The summed E-state index contributed by atoms with van der Waals surface area (Å²) in [5, 5.41) is 0. The average Bonchev–Trinajstić information content (AvgIpc) is 2.05. The Morgan fingerprint density at radius 3 is 1.86 bits per heavy atom. The van der Waals surface area contributed by atoms with Gasteiger partial charge in [-0.2, -0.15) is 7.11 Å². The fourth-order valence-electron chi connectivity index (χ4n) is 0.517. The molecular weight excluding hydrogens is 541 g/mol. The molecule has 0 N–H and O–H groups in total. The first-order valence-corrected chi connectivity index (χ1v) is 5.13. The van der Waals surface area contributed by atoms with Crippen LogP contribution in [0.15, 0.2) is 30.3 Å². The molecule has 2 nitrogen and oxygen atoms in total. The zero-order valence-corrected chi connectivity index (χ0v) is 15.4. The zero-order chi connectivity index (χ0) is 9.40. The number of hydrogen-bond acceptors (Lipinski definition) is 2. The predicted molar refractivity (Wildman–Crippen MR) is 57.7 cm³/mol. The maximum absolute atomic E-state index is 4.66. The molecule has 3 radical (unpaired) electrons. The van der Waals surface area contributed by atoms with Gasteiger partial charge in [0, 0.05) is 21.1 Å². The average molecular weight is 556 g/mol. The molecule has 4 heteroatoms. The van der Waals surface area contributed by atoms with E-state index in [1.807, 2.05) is 40.1 Å². The molecule has 0 unspecified atom stereocenters. The van der Waals surface area contributed by atoms with Crippen LogP contribution in [0.5, 0.6) is 5.75 Å². The topological polar surface area (TPSA) is 12.5 Å². The fraction of sp³-hybridized carbons (Fsp3) is 0.100. The van der Waals surface area contributed by atoms with Crippen LogP contribution in [0.4, 0.5) is 0 Å². The van der Waals surface area contributed by atoms with Crippen LogP contribution in [0, 0.1) is 21.6 Å². The number of benzene rings is 1. The summed E-state index contributed by atoms with van der Waals surface area (Å²) >= 11 is 1.07. The van der Waals surface area contributed by atoms with Crippen molar-refractivity contribution < 1.29 is 25.8 Å². The van der Waals surface area contributed by atoms with Crippen LogP contribution in [0.1, 0.15) is 0 Å². The summed E-state index contributed by atoms with van der Waals surface area (Å²) in [4.78, 5) is 0. The Morgan fingerprint density at radius 1 is 1.29 bits per heavy atom. The summed E-state index contributed by atoms with van der Waals surface area (Å²) in [5.74, 6) is 0.799. The third-order valence-electron chi connectivity index (χ3n) is 0.910. The van der Waals surface area contributed by atoms with Gasteiger partial charge in [-0.3, -0.25) is 0 Å². The third kappa shape index (κ3) is 15.1. The van der Waals surface area contributed by atoms with Crippen molar-refractivity contribution >= 4 is 26.1 Å². The van der Waals surface area contributed by atoms with Gasteiger partial charge in [-0.05, 0) is 12.1 Å². The number of nitrogens with zero attached hydrogens (tertiary/aromatic N) is 1. The van der Waals surface area contributed by atoms with Gasteiger partial charge in [0.2, 0.25) is 0 Å². The third-order valence-corrected chi connectivity index (χ3v) is 0.910. The molecule has 79 valence electrons. The van der Waals surface area contributed by atoms with E-state index in [0.717, 1.165) is 31.8 Å². The molecular formula is C10H15NOPbW-3. The number of para-hydroxylation sites is 1. The number of ether oxygens (including phenoxy) is 1. The molecule has 0 bridgehead atoms. The van der Waals surface area contributed by atoms with E-state index in [1.165, 1.54) is 0 Å². The van der Waals surface area contributed by atoms with E-state index in [9.17, 15) is 0 Å². The molecule has 0 heterocycles. The Bertz CT molecular complexity index is 192. The zero-order valence-electron chi connectivity index (χ0n) is 8.56. The molecule has 1 rings (SSSR count). The van der Waals surface area contributed by atoms with Crippen molar-refractivity contribution in [3.63, 3.8) is 0 Å². The van der Waals surface area contributed by atoms with Crippen molar-refractivity contribution in [1.29, 1.82) is 0 Å². The largest absolute Gasteiger partial charge is 0.358 e. The van der Waals surface area contributed by atoms with Crippen molar-refractivity contribution in [2.24, 2.45) is 0 Å². The van der Waals surface area contributed by atoms with E-state index in [4.69, 9.17) is 0 Å². The van der Waals surface area contributed by atoms with Crippen LogP contribution in [-0.4, -0.2) is 35.8 Å². The molecule has 1 aromatic carbocycles. The molecule has 0 fully saturated rings. The summed E-state index contributed by atoms with van der Waals surface area (Å²) in [6, 6.07) is 9.45. The minimum atomic E-state index is 0. The Balaban J connectivity index is -0.000000180. The van der Waals surface area contributed by atoms with Gasteiger partial charge in [0.05, 0.1) is 5.75 Å². The maximum atomic E-state index is 4.66. The number of hydrogen-bond donors (Lipinski definition) is 0. The standard InChI is InChI=1S/C7H7O.C2H5N.CH3.Pb.W/c1-8-7-5-3-2-4-6-7;1-3-2;;;/h2-6H,1H2;1H2,2H3;1H3;;/q-1;-2;-1;+1;. The van der Waals surface area contributed by atoms with Crippen molar-refractivity contribution in [3.8, 4) is 5.75 Å². The van der Waals surface area contributed by atoms with Gasteiger partial charge >= 0.3 is 42.9 Å². The molecule has 0 aliphatic carbocycles. The fourth-order valence-corrected chi connectivity index (χ4v) is 0.517. The van der Waals surface area contributed by atoms with E-state index in [0.29, 0.717) is 0 Å². The second-order valence-corrected chi connectivity index (χ2v) is 5.12. The first kappa shape index (κ1) is 20.1. The molecule has 0 amide bonds. The van der Waals surface area contributed by atoms with Gasteiger partial charge in [-0.25, -0.2) is 0 Å². The summed E-state index contributed by atoms with van der Waals surface area (Å²) in [5.41, 5.74) is 0. The summed E-state index contributed by atoms with van der Waals surface area (Å²) in [6.07, 6.45) is 0. The molecule has 0 atom stereocenters. The monoisotopic (exact) mass is 557 g/mol. The second kappa shape index (κ2) is 13.6. The Morgan fingerprint density at radius 2 is 1.64 bits per heavy atom. The normalized spacial score (nSPS) is 7.50. The van der Waals surface area contributed by atoms with Crippen molar-refractivity contribution in [2.45, 2.75) is 0 Å². The van der Waals surface area contributed by atoms with Gasteiger partial charge in [0.1, 0.15) is 0 Å². The molecule has 0 aromatic heterocycles. The molecule has 0 saturated carbocycles. The predicted octanol–water partition coefficient (Wildman–Crippen LogP) is 2.10. The molecule has 0 saturated heterocycles. The smallest absolute Gasteiger partial charge is 0 e. The van der Waals surface area contributed by atoms with Gasteiger partial charge in [-0.15, -0.1) is 0 Å². The van der Waals surface area contributed by atoms with Gasteiger partial charge in [0.15, 0.2) is 0 Å². The van der Waals surface area contributed by atoms with Crippen LogP contribution in [0.2, 0.25) is 0 Å². The van der Waals surface area contributed by atoms with E-state index >= 15 is 0 Å². The summed E-state index contributed by atoms with van der Waals surface area (Å²) in [6.45, 7) is 0. The number of rotatable bonds is 1. The molecule has 0 aliphatic heterocycles. The van der Waals surface area contributed by atoms with Gasteiger partial charge in [-0.1, -0.05) is 18.2 Å². The van der Waals surface area contributed by atoms with Crippen LogP contribution in [0.3, 0.4) is 0 Å². The van der Waals surface area contributed by atoms with E-state index in [1.54, 1.807) is 0 Å². The van der Waals surface area contributed by atoms with Crippen molar-refractivity contribution in [1.82, 2.24) is 2.71 Å². The van der Waals surface area contributed by atoms with Crippen molar-refractivity contribution in [2.75, 3.05) is 7.05 Å². The molecule has 14 heavy (non-hydrogen) atoms. The van der Waals surface area contributed by atoms with Crippen LogP contribution in [0.25, 0.3) is 0 Å². The van der Waals surface area contributed by atoms with E-state index < -0.39 is 0 Å². The Hall–Kier alpha value is 0.590. The Kier molecular flexibility index (Phi) is 19.5. The minimum absolute atomic E-state index is 0. The van der Waals surface area contributed by atoms with Gasteiger partial charge < -0.3 is 12.2 Å². The summed E-state index contributed by atoms with van der Waals surface area (Å²) < 4.78 is 6.55. The molecule has 0 aliphatic rings. The van der Waals surface area contributed by atoms with E-state index in [-0.39, 0.29) is 28.5 Å².